The molecule has 0 aliphatic heterocycles. The van der Waals surface area contributed by atoms with E-state index in [0.717, 1.165) is 47.1 Å². The van der Waals surface area contributed by atoms with Gasteiger partial charge in [0.15, 0.2) is 0 Å². The van der Waals surface area contributed by atoms with Gasteiger partial charge in [-0.25, -0.2) is 0 Å². The van der Waals surface area contributed by atoms with E-state index in [4.69, 9.17) is 0 Å². The van der Waals surface area contributed by atoms with Crippen molar-refractivity contribution in [3.05, 3.63) is 88.0 Å². The molecule has 0 spiro atoms. The van der Waals surface area contributed by atoms with Gasteiger partial charge in [-0.3, -0.25) is 0 Å². The second-order valence-electron chi connectivity index (χ2n) is 8.41. The van der Waals surface area contributed by atoms with Gasteiger partial charge >= 0.3 is 0 Å². The Bertz CT molecular complexity index is 971. The van der Waals surface area contributed by atoms with Crippen LogP contribution in [-0.2, 0) is 0 Å². The first kappa shape index (κ1) is 21.8. The van der Waals surface area contributed by atoms with E-state index < -0.39 is 0 Å². The maximum Gasteiger partial charge on any atom is 0.118 e. The molecular formula is C27H32O3. The number of phenols is 3. The minimum absolute atomic E-state index is 0.134. The van der Waals surface area contributed by atoms with E-state index in [9.17, 15) is 15.3 Å². The summed E-state index contributed by atoms with van der Waals surface area (Å²) in [6.07, 6.45) is 3.03. The molecule has 0 amide bonds. The lowest BCUT2D eigenvalue weighted by Crippen LogP contribution is -2.09. The van der Waals surface area contributed by atoms with Gasteiger partial charge in [-0.1, -0.05) is 49.7 Å². The van der Waals surface area contributed by atoms with E-state index in [0.29, 0.717) is 23.2 Å². The summed E-state index contributed by atoms with van der Waals surface area (Å²) in [5, 5.41) is 30.0. The van der Waals surface area contributed by atoms with Gasteiger partial charge in [-0.05, 0) is 91.1 Å². The van der Waals surface area contributed by atoms with Gasteiger partial charge < -0.3 is 15.3 Å². The zero-order valence-corrected chi connectivity index (χ0v) is 18.3. The molecule has 0 aliphatic rings. The zero-order chi connectivity index (χ0) is 21.8. The predicted molar refractivity (Wildman–Crippen MR) is 123 cm³/mol. The quantitative estimate of drug-likeness (QED) is 0.404. The minimum Gasteiger partial charge on any atom is -0.508 e. The molecule has 0 heterocycles. The number of aromatic hydroxyl groups is 3. The van der Waals surface area contributed by atoms with Gasteiger partial charge in [0, 0.05) is 5.92 Å². The van der Waals surface area contributed by atoms with E-state index in [1.807, 2.05) is 39.0 Å². The molecular weight excluding hydrogens is 372 g/mol. The summed E-state index contributed by atoms with van der Waals surface area (Å²) in [4.78, 5) is 0. The van der Waals surface area contributed by atoms with Crippen LogP contribution in [0.1, 0.15) is 71.4 Å². The Kier molecular flexibility index (Phi) is 6.71. The van der Waals surface area contributed by atoms with Crippen molar-refractivity contribution in [1.29, 1.82) is 0 Å². The summed E-state index contributed by atoms with van der Waals surface area (Å²) in [6, 6.07) is 17.6. The predicted octanol–water partition coefficient (Wildman–Crippen LogP) is 6.83. The molecule has 1 atom stereocenters. The van der Waals surface area contributed by atoms with E-state index in [1.165, 1.54) is 5.56 Å². The fourth-order valence-electron chi connectivity index (χ4n) is 4.24. The van der Waals surface area contributed by atoms with Gasteiger partial charge in [0.05, 0.1) is 0 Å². The highest BCUT2D eigenvalue weighted by Gasteiger charge is 2.22. The van der Waals surface area contributed by atoms with Crippen LogP contribution in [-0.4, -0.2) is 15.3 Å². The van der Waals surface area contributed by atoms with E-state index in [2.05, 4.69) is 25.1 Å². The molecule has 158 valence electrons. The topological polar surface area (TPSA) is 60.7 Å². The van der Waals surface area contributed by atoms with Crippen LogP contribution in [0.5, 0.6) is 17.2 Å². The van der Waals surface area contributed by atoms with Crippen molar-refractivity contribution >= 4 is 0 Å². The third-order valence-corrected chi connectivity index (χ3v) is 6.10. The molecule has 0 aromatic heterocycles. The molecule has 3 heteroatoms. The van der Waals surface area contributed by atoms with Gasteiger partial charge in [-0.2, -0.15) is 0 Å². The molecule has 3 aromatic rings. The summed E-state index contributed by atoms with van der Waals surface area (Å²) in [7, 11) is 0. The van der Waals surface area contributed by atoms with Gasteiger partial charge in [0.25, 0.3) is 0 Å². The number of rotatable bonds is 7. The average Bonchev–Trinajstić information content (AvgIpc) is 2.72. The summed E-state index contributed by atoms with van der Waals surface area (Å²) < 4.78 is 0. The van der Waals surface area contributed by atoms with E-state index >= 15 is 0 Å². The molecule has 3 rings (SSSR count). The number of hydrogen-bond donors (Lipinski definition) is 3. The van der Waals surface area contributed by atoms with Gasteiger partial charge in [-0.15, -0.1) is 0 Å². The average molecular weight is 405 g/mol. The Morgan fingerprint density at radius 2 is 1.03 bits per heavy atom. The van der Waals surface area contributed by atoms with E-state index in [-0.39, 0.29) is 5.92 Å². The summed E-state index contributed by atoms with van der Waals surface area (Å²) in [5.41, 5.74) is 6.18. The molecule has 0 fully saturated rings. The highest BCUT2D eigenvalue weighted by atomic mass is 16.3. The summed E-state index contributed by atoms with van der Waals surface area (Å²) in [6.45, 7) is 7.98. The number of benzene rings is 3. The Hall–Kier alpha value is -2.94. The molecule has 1 unspecified atom stereocenters. The minimum atomic E-state index is 0.134. The second-order valence-corrected chi connectivity index (χ2v) is 8.41. The Morgan fingerprint density at radius 3 is 1.43 bits per heavy atom. The molecule has 3 nitrogen and oxygen atoms in total. The summed E-state index contributed by atoms with van der Waals surface area (Å²) >= 11 is 0. The van der Waals surface area contributed by atoms with Crippen molar-refractivity contribution in [2.24, 2.45) is 0 Å². The fraction of sp³-hybridized carbons (Fsp3) is 0.333. The Balaban J connectivity index is 2.05. The van der Waals surface area contributed by atoms with Crippen LogP contribution >= 0.6 is 0 Å². The van der Waals surface area contributed by atoms with Crippen molar-refractivity contribution in [2.45, 2.75) is 58.8 Å². The molecule has 0 aliphatic carbocycles. The van der Waals surface area contributed by atoms with Crippen molar-refractivity contribution in [1.82, 2.24) is 0 Å². The van der Waals surface area contributed by atoms with Crippen LogP contribution in [0, 0.1) is 20.8 Å². The molecule has 0 saturated carbocycles. The lowest BCUT2D eigenvalue weighted by atomic mass is 9.78. The SMILES string of the molecule is CCCC(CC(c1ccc(O)c(C)c1)c1ccc(O)c(C)c1)c1ccc(O)c(C)c1. The second kappa shape index (κ2) is 9.25. The highest BCUT2D eigenvalue weighted by Crippen LogP contribution is 2.40. The van der Waals surface area contributed by atoms with Crippen LogP contribution in [0.25, 0.3) is 0 Å². The van der Waals surface area contributed by atoms with Crippen LogP contribution in [0.15, 0.2) is 54.6 Å². The molecule has 0 radical (unpaired) electrons. The standard InChI is InChI=1S/C27H32O3/c1-5-6-20(21-7-10-25(28)17(2)13-21)16-24(22-8-11-26(29)18(3)14-22)23-9-12-27(30)19(4)15-23/h7-15,20,24,28-30H,5-6,16H2,1-4H3. The lowest BCUT2D eigenvalue weighted by Gasteiger charge is -2.26. The third-order valence-electron chi connectivity index (χ3n) is 6.10. The fourth-order valence-corrected chi connectivity index (χ4v) is 4.24. The largest absolute Gasteiger partial charge is 0.508 e. The van der Waals surface area contributed by atoms with Crippen molar-refractivity contribution < 1.29 is 15.3 Å². The van der Waals surface area contributed by atoms with Crippen LogP contribution in [0.2, 0.25) is 0 Å². The molecule has 0 saturated heterocycles. The number of aryl methyl sites for hydroxylation is 3. The first-order valence-electron chi connectivity index (χ1n) is 10.7. The Morgan fingerprint density at radius 1 is 0.633 bits per heavy atom. The van der Waals surface area contributed by atoms with Gasteiger partial charge in [0.2, 0.25) is 0 Å². The third kappa shape index (κ3) is 4.79. The van der Waals surface area contributed by atoms with Crippen LogP contribution < -0.4 is 0 Å². The lowest BCUT2D eigenvalue weighted by molar-refractivity contribution is 0.468. The number of hydrogen-bond acceptors (Lipinski definition) is 3. The smallest absolute Gasteiger partial charge is 0.118 e. The van der Waals surface area contributed by atoms with Crippen molar-refractivity contribution in [3.8, 4) is 17.2 Å². The van der Waals surface area contributed by atoms with Crippen molar-refractivity contribution in [3.63, 3.8) is 0 Å². The number of phenolic OH excluding ortho intramolecular Hbond substituents is 3. The zero-order valence-electron chi connectivity index (χ0n) is 18.3. The molecule has 3 N–H and O–H groups in total. The molecule has 3 aromatic carbocycles. The van der Waals surface area contributed by atoms with Gasteiger partial charge in [0.1, 0.15) is 17.2 Å². The normalized spacial score (nSPS) is 12.3. The summed E-state index contributed by atoms with van der Waals surface area (Å²) in [5.74, 6) is 1.41. The van der Waals surface area contributed by atoms with Crippen LogP contribution in [0.3, 0.4) is 0 Å². The Labute approximate surface area is 179 Å². The maximum atomic E-state index is 10.0. The highest BCUT2D eigenvalue weighted by molar-refractivity contribution is 5.44. The van der Waals surface area contributed by atoms with E-state index in [1.54, 1.807) is 18.2 Å². The van der Waals surface area contributed by atoms with Crippen LogP contribution in [0.4, 0.5) is 0 Å². The monoisotopic (exact) mass is 404 g/mol. The maximum absolute atomic E-state index is 10.0. The first-order chi connectivity index (χ1) is 14.3. The molecule has 0 bridgehead atoms. The van der Waals surface area contributed by atoms with Crippen molar-refractivity contribution in [2.75, 3.05) is 0 Å². The first-order valence-corrected chi connectivity index (χ1v) is 10.7. The molecule has 30 heavy (non-hydrogen) atoms.